The molecular formula is C21H23NO14. The fourth-order valence-electron chi connectivity index (χ4n) is 2.82. The van der Waals surface area contributed by atoms with Crippen molar-refractivity contribution in [3.8, 4) is 5.75 Å². The van der Waals surface area contributed by atoms with Crippen molar-refractivity contribution in [3.05, 3.63) is 33.9 Å². The van der Waals surface area contributed by atoms with E-state index < -0.39 is 76.1 Å². The van der Waals surface area contributed by atoms with Crippen LogP contribution in [-0.4, -0.2) is 76.8 Å². The molecule has 0 aromatic heterocycles. The van der Waals surface area contributed by atoms with Crippen LogP contribution in [0, 0.1) is 10.1 Å². The molecule has 0 heterocycles. The van der Waals surface area contributed by atoms with Gasteiger partial charge in [0.1, 0.15) is 12.7 Å². The first-order valence-electron chi connectivity index (χ1n) is 10.0. The van der Waals surface area contributed by atoms with Crippen LogP contribution in [0.3, 0.4) is 0 Å². The van der Waals surface area contributed by atoms with E-state index in [-0.39, 0.29) is 12.6 Å². The molecule has 1 rings (SSSR count). The minimum absolute atomic E-state index is 0.163. The molecular weight excluding hydrogens is 490 g/mol. The summed E-state index contributed by atoms with van der Waals surface area (Å²) < 4.78 is 14.6. The Morgan fingerprint density at radius 2 is 1.67 bits per heavy atom. The van der Waals surface area contributed by atoms with Gasteiger partial charge in [-0.2, -0.15) is 4.89 Å². The molecule has 1 aromatic rings. The first-order valence-corrected chi connectivity index (χ1v) is 10.0. The Morgan fingerprint density at radius 1 is 1.06 bits per heavy atom. The van der Waals surface area contributed by atoms with Gasteiger partial charge in [0.05, 0.1) is 10.5 Å². The Morgan fingerprint density at radius 3 is 2.11 bits per heavy atom. The lowest BCUT2D eigenvalue weighted by molar-refractivity contribution is -0.385. The molecule has 36 heavy (non-hydrogen) atoms. The van der Waals surface area contributed by atoms with Gasteiger partial charge in [-0.15, -0.1) is 0 Å². The van der Waals surface area contributed by atoms with Gasteiger partial charge in [0.15, 0.2) is 36.3 Å². The first-order chi connectivity index (χ1) is 16.8. The zero-order valence-corrected chi connectivity index (χ0v) is 19.5. The normalized spacial score (nSPS) is 14.7. The minimum Gasteiger partial charge on any atom is -0.463 e. The maximum Gasteiger partial charge on any atom is 0.303 e. The van der Waals surface area contributed by atoms with Crippen molar-refractivity contribution in [2.45, 2.75) is 51.6 Å². The van der Waals surface area contributed by atoms with Crippen molar-refractivity contribution in [1.29, 1.82) is 0 Å². The maximum absolute atomic E-state index is 12.6. The second-order valence-electron chi connectivity index (χ2n) is 7.20. The van der Waals surface area contributed by atoms with E-state index in [9.17, 15) is 44.0 Å². The summed E-state index contributed by atoms with van der Waals surface area (Å²) in [6.45, 7) is 2.78. The van der Waals surface area contributed by atoms with E-state index in [1.807, 2.05) is 0 Å². The topological polar surface area (TPSA) is 212 Å². The molecule has 0 bridgehead atoms. The Balaban J connectivity index is 3.56. The van der Waals surface area contributed by atoms with Crippen LogP contribution >= 0.6 is 0 Å². The summed E-state index contributed by atoms with van der Waals surface area (Å²) >= 11 is 0. The van der Waals surface area contributed by atoms with Crippen LogP contribution < -0.4 is 4.89 Å². The molecule has 0 aliphatic rings. The fraction of sp³-hybridized carbons (Fsp3) is 0.429. The van der Waals surface area contributed by atoms with Gasteiger partial charge in [0, 0.05) is 32.9 Å². The third-order valence-corrected chi connectivity index (χ3v) is 4.48. The summed E-state index contributed by atoms with van der Waals surface area (Å²) in [5, 5.41) is 21.4. The van der Waals surface area contributed by atoms with Gasteiger partial charge in [0.2, 0.25) is 0 Å². The smallest absolute Gasteiger partial charge is 0.303 e. The molecule has 15 heteroatoms. The van der Waals surface area contributed by atoms with Crippen molar-refractivity contribution in [2.75, 3.05) is 6.61 Å². The number of nitrogens with zero attached hydrogens (tertiary/aromatic N) is 1. The molecule has 0 radical (unpaired) electrons. The number of non-ortho nitro benzene ring substituents is 1. The monoisotopic (exact) mass is 513 g/mol. The summed E-state index contributed by atoms with van der Waals surface area (Å²) in [4.78, 5) is 91.0. The van der Waals surface area contributed by atoms with Crippen molar-refractivity contribution < 1.29 is 62.8 Å². The van der Waals surface area contributed by atoms with Crippen LogP contribution in [0.5, 0.6) is 5.75 Å². The molecule has 196 valence electrons. The van der Waals surface area contributed by atoms with Crippen LogP contribution in [0.25, 0.3) is 0 Å². The number of aliphatic hydroxyl groups excluding tert-OH is 1. The molecule has 4 atom stereocenters. The highest BCUT2D eigenvalue weighted by molar-refractivity contribution is 6.01. The van der Waals surface area contributed by atoms with Gasteiger partial charge in [-0.25, -0.2) is 0 Å². The molecule has 0 saturated carbocycles. The Hall–Kier alpha value is -4.24. The van der Waals surface area contributed by atoms with Gasteiger partial charge in [-0.05, 0) is 13.0 Å². The predicted octanol–water partition coefficient (Wildman–Crippen LogP) is 0.0318. The molecule has 1 aromatic carbocycles. The number of carbonyl (C=O) groups excluding carboxylic acids is 6. The number of ketones is 1. The van der Waals surface area contributed by atoms with E-state index in [2.05, 4.69) is 4.74 Å². The number of nitro benzene ring substituents is 1. The van der Waals surface area contributed by atoms with Crippen molar-refractivity contribution >= 4 is 42.0 Å². The summed E-state index contributed by atoms with van der Waals surface area (Å²) in [7, 11) is 0. The highest BCUT2D eigenvalue weighted by Gasteiger charge is 2.56. The molecule has 0 aliphatic heterocycles. The van der Waals surface area contributed by atoms with E-state index in [0.717, 1.165) is 45.9 Å². The zero-order valence-electron chi connectivity index (χ0n) is 19.5. The number of aliphatic hydroxyl groups is 1. The molecule has 15 nitrogen and oxygen atoms in total. The van der Waals surface area contributed by atoms with Crippen molar-refractivity contribution in [1.82, 2.24) is 0 Å². The van der Waals surface area contributed by atoms with Crippen molar-refractivity contribution in [2.24, 2.45) is 0 Å². The number of benzene rings is 1. The van der Waals surface area contributed by atoms with Gasteiger partial charge >= 0.3 is 17.9 Å². The zero-order chi connectivity index (χ0) is 27.6. The number of esters is 3. The van der Waals surface area contributed by atoms with Crippen molar-refractivity contribution in [3.63, 3.8) is 0 Å². The lowest BCUT2D eigenvalue weighted by atomic mass is 9.87. The largest absolute Gasteiger partial charge is 0.463 e. The maximum atomic E-state index is 12.6. The van der Waals surface area contributed by atoms with Crippen LogP contribution in [-0.2, 0) is 43.1 Å². The van der Waals surface area contributed by atoms with E-state index in [0.29, 0.717) is 0 Å². The minimum atomic E-state index is -2.91. The molecule has 0 amide bonds. The fourth-order valence-corrected chi connectivity index (χ4v) is 2.82. The summed E-state index contributed by atoms with van der Waals surface area (Å²) in [5.74, 6) is -4.66. The quantitative estimate of drug-likeness (QED) is 0.0661. The second-order valence-corrected chi connectivity index (χ2v) is 7.20. The summed E-state index contributed by atoms with van der Waals surface area (Å²) in [5.41, 5.74) is -3.81. The number of Topliss-reactive ketones (excluding diaryl/α,β-unsaturated/α-hetero) is 1. The number of aldehydes is 2. The standard InChI is InChI=1S/C21H23NO14/c1-11(25)21(10-24,36-35-18-6-5-16(22(30)31)7-15(18)8-23)20(34-14(4)28)19(33-13(3)27)17(29)9-32-12(2)26/h5-8,10,17,19-20,29H,9H2,1-4H3/t17-,19+,20+,21-/m1/s1. The number of hydrogen-bond acceptors (Lipinski definition) is 14. The highest BCUT2D eigenvalue weighted by atomic mass is 17.2. The third-order valence-electron chi connectivity index (χ3n) is 4.48. The molecule has 0 unspecified atom stereocenters. The lowest BCUT2D eigenvalue weighted by Crippen LogP contribution is -2.62. The number of nitro groups is 1. The molecule has 0 spiro atoms. The van der Waals surface area contributed by atoms with Crippen LogP contribution in [0.15, 0.2) is 18.2 Å². The van der Waals surface area contributed by atoms with Gasteiger partial charge in [-0.1, -0.05) is 0 Å². The predicted molar refractivity (Wildman–Crippen MR) is 113 cm³/mol. The molecule has 0 saturated heterocycles. The van der Waals surface area contributed by atoms with E-state index in [1.165, 1.54) is 0 Å². The second kappa shape index (κ2) is 13.0. The Labute approximate surface area is 203 Å². The van der Waals surface area contributed by atoms with E-state index >= 15 is 0 Å². The number of hydrogen-bond donors (Lipinski definition) is 1. The van der Waals surface area contributed by atoms with Gasteiger partial charge in [-0.3, -0.25) is 38.9 Å². The Bertz CT molecular complexity index is 1040. The number of rotatable bonds is 14. The number of carbonyl (C=O) groups is 6. The summed E-state index contributed by atoms with van der Waals surface area (Å²) in [6, 6.07) is 2.67. The third kappa shape index (κ3) is 7.64. The van der Waals surface area contributed by atoms with Crippen LogP contribution in [0.4, 0.5) is 5.69 Å². The highest BCUT2D eigenvalue weighted by Crippen LogP contribution is 2.29. The molecule has 0 aliphatic carbocycles. The van der Waals surface area contributed by atoms with Crippen LogP contribution in [0.1, 0.15) is 38.1 Å². The first kappa shape index (κ1) is 29.8. The number of ether oxygens (including phenoxy) is 3. The average Bonchev–Trinajstić information content (AvgIpc) is 2.80. The van der Waals surface area contributed by atoms with Gasteiger partial charge < -0.3 is 24.2 Å². The SMILES string of the molecule is CC(=O)OC[C@@H](O)[C@H](OC(C)=O)[C@H](OC(C)=O)[C@](C=O)(OOc1ccc([N+](=O)[O-])cc1C=O)C(C)=O. The van der Waals surface area contributed by atoms with E-state index in [4.69, 9.17) is 19.2 Å². The lowest BCUT2D eigenvalue weighted by Gasteiger charge is -2.37. The van der Waals surface area contributed by atoms with Gasteiger partial charge in [0.25, 0.3) is 11.3 Å². The van der Waals surface area contributed by atoms with Crippen LogP contribution in [0.2, 0.25) is 0 Å². The average molecular weight is 513 g/mol. The van der Waals surface area contributed by atoms with E-state index in [1.54, 1.807) is 0 Å². The summed E-state index contributed by atoms with van der Waals surface area (Å²) in [6.07, 6.45) is -6.14. The molecule has 1 N–H and O–H groups in total. The Kier molecular flexibility index (Phi) is 10.8. The molecule has 0 fully saturated rings.